The number of rotatable bonds is 8. The number of tetrazole rings is 1. The zero-order chi connectivity index (χ0) is 20.8. The first kappa shape index (κ1) is 20.5. The van der Waals surface area contributed by atoms with Crippen molar-refractivity contribution >= 4 is 5.91 Å². The van der Waals surface area contributed by atoms with Gasteiger partial charge in [0.05, 0.1) is 13.2 Å². The van der Waals surface area contributed by atoms with Crippen LogP contribution >= 0.6 is 0 Å². The zero-order valence-corrected chi connectivity index (χ0v) is 17.3. The number of methoxy groups -OCH3 is 1. The van der Waals surface area contributed by atoms with Gasteiger partial charge >= 0.3 is 0 Å². The molecule has 3 rings (SSSR count). The van der Waals surface area contributed by atoms with Crippen molar-refractivity contribution in [3.63, 3.8) is 0 Å². The average Bonchev–Trinajstić information content (AvgIpc) is 3.16. The Morgan fingerprint density at radius 1 is 1.14 bits per heavy atom. The quantitative estimate of drug-likeness (QED) is 0.634. The van der Waals surface area contributed by atoms with Gasteiger partial charge in [0.1, 0.15) is 12.3 Å². The molecule has 1 amide bonds. The van der Waals surface area contributed by atoms with Gasteiger partial charge in [-0.2, -0.15) is 4.80 Å². The minimum Gasteiger partial charge on any atom is -0.497 e. The van der Waals surface area contributed by atoms with E-state index in [-0.39, 0.29) is 18.5 Å². The molecular weight excluding hydrogens is 366 g/mol. The molecule has 7 nitrogen and oxygen atoms in total. The van der Waals surface area contributed by atoms with Crippen molar-refractivity contribution in [2.24, 2.45) is 5.92 Å². The number of amides is 1. The highest BCUT2D eigenvalue weighted by Gasteiger charge is 2.13. The summed E-state index contributed by atoms with van der Waals surface area (Å²) in [6.07, 6.45) is 1.05. The van der Waals surface area contributed by atoms with Crippen LogP contribution < -0.4 is 10.1 Å². The van der Waals surface area contributed by atoms with Gasteiger partial charge in [-0.1, -0.05) is 50.2 Å². The van der Waals surface area contributed by atoms with Crippen molar-refractivity contribution in [1.82, 2.24) is 25.5 Å². The number of nitrogens with zero attached hydrogens (tertiary/aromatic N) is 4. The van der Waals surface area contributed by atoms with Gasteiger partial charge in [-0.25, -0.2) is 0 Å². The maximum absolute atomic E-state index is 12.4. The summed E-state index contributed by atoms with van der Waals surface area (Å²) in [5.74, 6) is 1.61. The first-order valence-corrected chi connectivity index (χ1v) is 9.75. The summed E-state index contributed by atoms with van der Waals surface area (Å²) in [6.45, 7) is 6.38. The van der Waals surface area contributed by atoms with E-state index in [4.69, 9.17) is 4.74 Å². The standard InChI is InChI=1S/C22H27N5O2/c1-15(2)12-17-8-10-18(11-9-17)16(3)23-21(28)14-27-25-22(24-26-27)19-6-5-7-20(13-19)29-4/h5-11,13,15-16H,12,14H2,1-4H3,(H,23,28). The highest BCUT2D eigenvalue weighted by atomic mass is 16.5. The Morgan fingerprint density at radius 2 is 1.90 bits per heavy atom. The molecule has 29 heavy (non-hydrogen) atoms. The predicted octanol–water partition coefficient (Wildman–Crippen LogP) is 3.42. The minimum absolute atomic E-state index is 0.00669. The lowest BCUT2D eigenvalue weighted by molar-refractivity contribution is -0.122. The van der Waals surface area contributed by atoms with Gasteiger partial charge in [0.25, 0.3) is 0 Å². The molecule has 7 heteroatoms. The Kier molecular flexibility index (Phi) is 6.59. The van der Waals surface area contributed by atoms with E-state index in [0.717, 1.165) is 17.5 Å². The number of carbonyl (C=O) groups is 1. The van der Waals surface area contributed by atoms with Crippen LogP contribution in [0.4, 0.5) is 0 Å². The van der Waals surface area contributed by atoms with Crippen LogP contribution in [0, 0.1) is 5.92 Å². The number of hydrogen-bond donors (Lipinski definition) is 1. The Morgan fingerprint density at radius 3 is 2.59 bits per heavy atom. The van der Waals surface area contributed by atoms with Crippen molar-refractivity contribution < 1.29 is 9.53 Å². The lowest BCUT2D eigenvalue weighted by Crippen LogP contribution is -2.30. The summed E-state index contributed by atoms with van der Waals surface area (Å²) in [5.41, 5.74) is 3.15. The molecule has 0 aliphatic rings. The molecule has 0 saturated heterocycles. The summed E-state index contributed by atoms with van der Waals surface area (Å²) in [7, 11) is 1.60. The maximum Gasteiger partial charge on any atom is 0.244 e. The van der Waals surface area contributed by atoms with Crippen molar-refractivity contribution in [3.05, 3.63) is 59.7 Å². The Hall–Kier alpha value is -3.22. The number of ether oxygens (including phenoxy) is 1. The molecule has 152 valence electrons. The van der Waals surface area contributed by atoms with Crippen LogP contribution in [0.5, 0.6) is 5.75 Å². The van der Waals surface area contributed by atoms with E-state index in [2.05, 4.69) is 58.8 Å². The summed E-state index contributed by atoms with van der Waals surface area (Å²) in [5, 5.41) is 15.3. The molecule has 1 unspecified atom stereocenters. The molecule has 1 N–H and O–H groups in total. The monoisotopic (exact) mass is 393 g/mol. The largest absolute Gasteiger partial charge is 0.497 e. The minimum atomic E-state index is -0.168. The smallest absolute Gasteiger partial charge is 0.244 e. The van der Waals surface area contributed by atoms with Crippen LogP contribution in [-0.4, -0.2) is 33.2 Å². The van der Waals surface area contributed by atoms with E-state index in [1.807, 2.05) is 31.2 Å². The van der Waals surface area contributed by atoms with Gasteiger partial charge < -0.3 is 10.1 Å². The van der Waals surface area contributed by atoms with E-state index in [1.54, 1.807) is 7.11 Å². The first-order valence-electron chi connectivity index (χ1n) is 9.75. The van der Waals surface area contributed by atoms with Crippen LogP contribution in [0.1, 0.15) is 37.9 Å². The summed E-state index contributed by atoms with van der Waals surface area (Å²) in [6, 6.07) is 15.7. The maximum atomic E-state index is 12.4. The fourth-order valence-corrected chi connectivity index (χ4v) is 3.10. The predicted molar refractivity (Wildman–Crippen MR) is 111 cm³/mol. The van der Waals surface area contributed by atoms with Crippen molar-refractivity contribution in [3.8, 4) is 17.1 Å². The summed E-state index contributed by atoms with van der Waals surface area (Å²) in [4.78, 5) is 13.7. The highest BCUT2D eigenvalue weighted by Crippen LogP contribution is 2.20. The fourth-order valence-electron chi connectivity index (χ4n) is 3.10. The topological polar surface area (TPSA) is 81.9 Å². The normalized spacial score (nSPS) is 12.0. The van der Waals surface area contributed by atoms with E-state index in [9.17, 15) is 4.79 Å². The van der Waals surface area contributed by atoms with Gasteiger partial charge in [0.15, 0.2) is 0 Å². The number of benzene rings is 2. The Bertz CT molecular complexity index is 950. The van der Waals surface area contributed by atoms with Crippen LogP contribution in [0.2, 0.25) is 0 Å². The van der Waals surface area contributed by atoms with E-state index in [1.165, 1.54) is 10.4 Å². The van der Waals surface area contributed by atoms with Gasteiger partial charge in [0, 0.05) is 5.56 Å². The molecule has 2 aromatic carbocycles. The molecule has 0 fully saturated rings. The third kappa shape index (κ3) is 5.63. The molecule has 0 radical (unpaired) electrons. The molecule has 1 aromatic heterocycles. The lowest BCUT2D eigenvalue weighted by atomic mass is 10.00. The first-order chi connectivity index (χ1) is 13.9. The molecular formula is C22H27N5O2. The second-order valence-corrected chi connectivity index (χ2v) is 7.50. The van der Waals surface area contributed by atoms with Gasteiger partial charge in [0.2, 0.25) is 11.7 Å². The molecule has 3 aromatic rings. The number of hydrogen-bond acceptors (Lipinski definition) is 5. The summed E-state index contributed by atoms with van der Waals surface area (Å²) < 4.78 is 5.21. The van der Waals surface area contributed by atoms with Crippen molar-refractivity contribution in [2.45, 2.75) is 39.8 Å². The second-order valence-electron chi connectivity index (χ2n) is 7.50. The molecule has 0 bridgehead atoms. The van der Waals surface area contributed by atoms with Crippen molar-refractivity contribution in [2.75, 3.05) is 7.11 Å². The number of carbonyl (C=O) groups excluding carboxylic acids is 1. The van der Waals surface area contributed by atoms with Crippen LogP contribution in [0.15, 0.2) is 48.5 Å². The Balaban J connectivity index is 1.58. The third-order valence-corrected chi connectivity index (χ3v) is 4.57. The van der Waals surface area contributed by atoms with E-state index >= 15 is 0 Å². The van der Waals surface area contributed by atoms with E-state index in [0.29, 0.717) is 17.5 Å². The molecule has 1 heterocycles. The second kappa shape index (κ2) is 9.32. The van der Waals surface area contributed by atoms with Crippen LogP contribution in [-0.2, 0) is 17.8 Å². The molecule has 0 aliphatic carbocycles. The molecule has 0 saturated carbocycles. The van der Waals surface area contributed by atoms with Crippen molar-refractivity contribution in [1.29, 1.82) is 0 Å². The number of nitrogens with one attached hydrogen (secondary N) is 1. The van der Waals surface area contributed by atoms with E-state index < -0.39 is 0 Å². The fraction of sp³-hybridized carbons (Fsp3) is 0.364. The Labute approximate surface area is 171 Å². The average molecular weight is 393 g/mol. The molecule has 0 spiro atoms. The van der Waals surface area contributed by atoms with Gasteiger partial charge in [-0.15, -0.1) is 10.2 Å². The highest BCUT2D eigenvalue weighted by molar-refractivity contribution is 5.76. The number of aromatic nitrogens is 4. The third-order valence-electron chi connectivity index (χ3n) is 4.57. The van der Waals surface area contributed by atoms with Gasteiger partial charge in [-0.3, -0.25) is 4.79 Å². The van der Waals surface area contributed by atoms with Crippen LogP contribution in [0.25, 0.3) is 11.4 Å². The summed E-state index contributed by atoms with van der Waals surface area (Å²) >= 11 is 0. The molecule has 1 atom stereocenters. The molecule has 0 aliphatic heterocycles. The SMILES string of the molecule is COc1cccc(-c2nnn(CC(=O)NC(C)c3ccc(CC(C)C)cc3)n2)c1. The van der Waals surface area contributed by atoms with Crippen LogP contribution in [0.3, 0.4) is 0 Å². The van der Waals surface area contributed by atoms with Gasteiger partial charge in [-0.05, 0) is 47.7 Å². The lowest BCUT2D eigenvalue weighted by Gasteiger charge is -2.15. The zero-order valence-electron chi connectivity index (χ0n) is 17.3.